The molecule has 2 aliphatic rings. The Balaban J connectivity index is 1.50. The van der Waals surface area contributed by atoms with E-state index in [1.165, 1.54) is 32.1 Å². The second-order valence-corrected chi connectivity index (χ2v) is 6.79. The third-order valence-electron chi connectivity index (χ3n) is 5.15. The summed E-state index contributed by atoms with van der Waals surface area (Å²) < 4.78 is 1.82. The molecule has 22 heavy (non-hydrogen) atoms. The van der Waals surface area contributed by atoms with Gasteiger partial charge in [0.05, 0.1) is 5.69 Å². The van der Waals surface area contributed by atoms with Gasteiger partial charge in [-0.25, -0.2) is 0 Å². The molecule has 5 nitrogen and oxygen atoms in total. The lowest BCUT2D eigenvalue weighted by atomic mass is 9.94. The molecule has 1 aliphatic carbocycles. The van der Waals surface area contributed by atoms with Gasteiger partial charge in [0.1, 0.15) is 6.54 Å². The summed E-state index contributed by atoms with van der Waals surface area (Å²) in [4.78, 5) is 17.1. The Kier molecular flexibility index (Phi) is 4.81. The molecule has 2 heterocycles. The Labute approximate surface area is 133 Å². The SMILES string of the molecule is Cc1cc(C)n(CC(=O)N2CCN(C3CCCCC3)CC2)n1. The summed E-state index contributed by atoms with van der Waals surface area (Å²) in [5.41, 5.74) is 2.04. The number of aryl methyl sites for hydroxylation is 2. The van der Waals surface area contributed by atoms with Crippen LogP contribution in [0, 0.1) is 13.8 Å². The van der Waals surface area contributed by atoms with Gasteiger partial charge in [0, 0.05) is 37.9 Å². The third kappa shape index (κ3) is 3.51. The first-order valence-electron chi connectivity index (χ1n) is 8.66. The molecular weight excluding hydrogens is 276 g/mol. The van der Waals surface area contributed by atoms with Crippen molar-refractivity contribution in [3.8, 4) is 0 Å². The molecule has 1 saturated carbocycles. The van der Waals surface area contributed by atoms with Crippen LogP contribution in [0.2, 0.25) is 0 Å². The van der Waals surface area contributed by atoms with Crippen molar-refractivity contribution in [1.82, 2.24) is 19.6 Å². The molecule has 0 radical (unpaired) electrons. The van der Waals surface area contributed by atoms with Crippen molar-refractivity contribution in [2.45, 2.75) is 58.5 Å². The van der Waals surface area contributed by atoms with Gasteiger partial charge in [-0.05, 0) is 32.8 Å². The summed E-state index contributed by atoms with van der Waals surface area (Å²) in [6.45, 7) is 8.17. The Morgan fingerprint density at radius 3 is 2.41 bits per heavy atom. The average Bonchev–Trinajstić information content (AvgIpc) is 2.86. The summed E-state index contributed by atoms with van der Waals surface area (Å²) in [6, 6.07) is 2.79. The molecule has 1 aromatic heterocycles. The largest absolute Gasteiger partial charge is 0.339 e. The summed E-state index contributed by atoms with van der Waals surface area (Å²) >= 11 is 0. The van der Waals surface area contributed by atoms with Gasteiger partial charge in [0.25, 0.3) is 0 Å². The highest BCUT2D eigenvalue weighted by Gasteiger charge is 2.27. The average molecular weight is 304 g/mol. The van der Waals surface area contributed by atoms with Crippen molar-refractivity contribution in [3.63, 3.8) is 0 Å². The summed E-state index contributed by atoms with van der Waals surface area (Å²) in [6.07, 6.45) is 6.85. The van der Waals surface area contributed by atoms with Crippen LogP contribution in [0.1, 0.15) is 43.5 Å². The van der Waals surface area contributed by atoms with Crippen LogP contribution in [0.4, 0.5) is 0 Å². The van der Waals surface area contributed by atoms with E-state index in [1.807, 2.05) is 29.5 Å². The van der Waals surface area contributed by atoms with E-state index in [4.69, 9.17) is 0 Å². The van der Waals surface area contributed by atoms with E-state index in [1.54, 1.807) is 0 Å². The number of amides is 1. The van der Waals surface area contributed by atoms with Gasteiger partial charge in [-0.1, -0.05) is 19.3 Å². The molecule has 0 N–H and O–H groups in total. The second-order valence-electron chi connectivity index (χ2n) is 6.79. The minimum atomic E-state index is 0.203. The molecule has 0 atom stereocenters. The molecule has 0 bridgehead atoms. The number of piperazine rings is 1. The molecule has 0 unspecified atom stereocenters. The number of aromatic nitrogens is 2. The van der Waals surface area contributed by atoms with Gasteiger partial charge >= 0.3 is 0 Å². The van der Waals surface area contributed by atoms with Crippen molar-refractivity contribution >= 4 is 5.91 Å². The molecule has 1 aromatic rings. The van der Waals surface area contributed by atoms with Gasteiger partial charge in [0.2, 0.25) is 5.91 Å². The Morgan fingerprint density at radius 2 is 1.82 bits per heavy atom. The van der Waals surface area contributed by atoms with E-state index >= 15 is 0 Å². The molecule has 0 aromatic carbocycles. The van der Waals surface area contributed by atoms with Crippen molar-refractivity contribution in [1.29, 1.82) is 0 Å². The summed E-state index contributed by atoms with van der Waals surface area (Å²) in [7, 11) is 0. The van der Waals surface area contributed by atoms with Crippen molar-refractivity contribution in [2.75, 3.05) is 26.2 Å². The van der Waals surface area contributed by atoms with Crippen molar-refractivity contribution in [3.05, 3.63) is 17.5 Å². The van der Waals surface area contributed by atoms with E-state index in [0.29, 0.717) is 6.54 Å². The minimum Gasteiger partial charge on any atom is -0.339 e. The van der Waals surface area contributed by atoms with Crippen LogP contribution in [-0.4, -0.2) is 57.7 Å². The Hall–Kier alpha value is -1.36. The first kappa shape index (κ1) is 15.5. The maximum absolute atomic E-state index is 12.5. The van der Waals surface area contributed by atoms with Crippen LogP contribution in [0.25, 0.3) is 0 Å². The highest BCUT2D eigenvalue weighted by molar-refractivity contribution is 5.76. The highest BCUT2D eigenvalue weighted by Crippen LogP contribution is 2.23. The van der Waals surface area contributed by atoms with Crippen molar-refractivity contribution < 1.29 is 4.79 Å². The molecule has 122 valence electrons. The normalized spacial score (nSPS) is 21.3. The molecule has 5 heteroatoms. The maximum atomic E-state index is 12.5. The molecule has 3 rings (SSSR count). The first-order valence-corrected chi connectivity index (χ1v) is 8.66. The first-order chi connectivity index (χ1) is 10.6. The van der Waals surface area contributed by atoms with E-state index in [2.05, 4.69) is 10.00 Å². The number of hydrogen-bond donors (Lipinski definition) is 0. The van der Waals surface area contributed by atoms with E-state index in [-0.39, 0.29) is 5.91 Å². The van der Waals surface area contributed by atoms with E-state index in [0.717, 1.165) is 43.6 Å². The number of rotatable bonds is 3. The summed E-state index contributed by atoms with van der Waals surface area (Å²) in [5, 5.41) is 4.39. The standard InChI is InChI=1S/C17H28N4O/c1-14-12-15(2)21(18-14)13-17(22)20-10-8-19(9-11-20)16-6-4-3-5-7-16/h12,16H,3-11,13H2,1-2H3. The molecular formula is C17H28N4O. The van der Waals surface area contributed by atoms with Crippen LogP contribution >= 0.6 is 0 Å². The predicted octanol–water partition coefficient (Wildman–Crippen LogP) is 1.98. The van der Waals surface area contributed by atoms with Crippen LogP contribution in [0.5, 0.6) is 0 Å². The number of carbonyl (C=O) groups is 1. The lowest BCUT2D eigenvalue weighted by Gasteiger charge is -2.40. The van der Waals surface area contributed by atoms with Gasteiger partial charge < -0.3 is 4.90 Å². The highest BCUT2D eigenvalue weighted by atomic mass is 16.2. The molecule has 1 amide bonds. The lowest BCUT2D eigenvalue weighted by Crippen LogP contribution is -2.52. The van der Waals surface area contributed by atoms with Crippen LogP contribution < -0.4 is 0 Å². The number of hydrogen-bond acceptors (Lipinski definition) is 3. The van der Waals surface area contributed by atoms with E-state index in [9.17, 15) is 4.79 Å². The monoisotopic (exact) mass is 304 g/mol. The predicted molar refractivity (Wildman–Crippen MR) is 86.7 cm³/mol. The van der Waals surface area contributed by atoms with Crippen LogP contribution in [0.3, 0.4) is 0 Å². The number of carbonyl (C=O) groups excluding carboxylic acids is 1. The fourth-order valence-electron chi connectivity index (χ4n) is 3.85. The fraction of sp³-hybridized carbons (Fsp3) is 0.765. The Morgan fingerprint density at radius 1 is 1.14 bits per heavy atom. The molecule has 1 saturated heterocycles. The fourth-order valence-corrected chi connectivity index (χ4v) is 3.85. The minimum absolute atomic E-state index is 0.203. The van der Waals surface area contributed by atoms with Gasteiger partial charge in [-0.15, -0.1) is 0 Å². The van der Waals surface area contributed by atoms with Gasteiger partial charge in [-0.3, -0.25) is 14.4 Å². The lowest BCUT2D eigenvalue weighted by molar-refractivity contribution is -0.134. The second kappa shape index (κ2) is 6.82. The molecule has 0 spiro atoms. The quantitative estimate of drug-likeness (QED) is 0.857. The zero-order valence-electron chi connectivity index (χ0n) is 13.9. The van der Waals surface area contributed by atoms with Crippen LogP contribution in [-0.2, 0) is 11.3 Å². The molecule has 2 fully saturated rings. The Bertz CT molecular complexity index is 511. The maximum Gasteiger partial charge on any atom is 0.244 e. The van der Waals surface area contributed by atoms with Crippen LogP contribution in [0.15, 0.2) is 6.07 Å². The van der Waals surface area contributed by atoms with Gasteiger partial charge in [-0.2, -0.15) is 5.10 Å². The topological polar surface area (TPSA) is 41.4 Å². The zero-order valence-corrected chi connectivity index (χ0v) is 13.9. The van der Waals surface area contributed by atoms with Crippen molar-refractivity contribution in [2.24, 2.45) is 0 Å². The smallest absolute Gasteiger partial charge is 0.244 e. The van der Waals surface area contributed by atoms with Gasteiger partial charge in [0.15, 0.2) is 0 Å². The third-order valence-corrected chi connectivity index (χ3v) is 5.15. The van der Waals surface area contributed by atoms with E-state index < -0.39 is 0 Å². The number of nitrogens with zero attached hydrogens (tertiary/aromatic N) is 4. The molecule has 1 aliphatic heterocycles. The summed E-state index contributed by atoms with van der Waals surface area (Å²) in [5.74, 6) is 0.203. The zero-order chi connectivity index (χ0) is 15.5.